The number of hydrogen-bond acceptors (Lipinski definition) is 3. The molecule has 126 valence electrons. The molecule has 0 aliphatic heterocycles. The van der Waals surface area contributed by atoms with Crippen LogP contribution >= 0.6 is 0 Å². The zero-order valence-corrected chi connectivity index (χ0v) is 13.7. The number of nitrogens with one attached hydrogen (secondary N) is 1. The summed E-state index contributed by atoms with van der Waals surface area (Å²) in [6.07, 6.45) is 5.35. The topological polar surface area (TPSA) is 84.2 Å². The largest absolute Gasteiger partial charge is 0.480 e. The Kier molecular flexibility index (Phi) is 4.38. The highest BCUT2D eigenvalue weighted by Crippen LogP contribution is 2.29. The van der Waals surface area contributed by atoms with Gasteiger partial charge in [0, 0.05) is 17.5 Å². The van der Waals surface area contributed by atoms with E-state index in [2.05, 4.69) is 10.4 Å². The van der Waals surface area contributed by atoms with Gasteiger partial charge in [-0.1, -0.05) is 19.3 Å². The van der Waals surface area contributed by atoms with Crippen LogP contribution in [0, 0.1) is 6.92 Å². The Labute approximate surface area is 140 Å². The first-order valence-corrected chi connectivity index (χ1v) is 8.19. The molecule has 6 heteroatoms. The van der Waals surface area contributed by atoms with Crippen molar-refractivity contribution in [3.8, 4) is 5.69 Å². The van der Waals surface area contributed by atoms with Gasteiger partial charge in [0.25, 0.3) is 5.91 Å². The molecule has 1 saturated carbocycles. The highest BCUT2D eigenvalue weighted by molar-refractivity contribution is 5.98. The average Bonchev–Trinajstić information content (AvgIpc) is 3.02. The van der Waals surface area contributed by atoms with Gasteiger partial charge in [-0.15, -0.1) is 0 Å². The number of aliphatic carboxylic acids is 1. The summed E-state index contributed by atoms with van der Waals surface area (Å²) < 4.78 is 1.78. The van der Waals surface area contributed by atoms with Gasteiger partial charge in [-0.25, -0.2) is 9.48 Å². The van der Waals surface area contributed by atoms with Crippen molar-refractivity contribution in [2.24, 2.45) is 0 Å². The minimum Gasteiger partial charge on any atom is -0.480 e. The van der Waals surface area contributed by atoms with Crippen LogP contribution in [0.4, 0.5) is 0 Å². The van der Waals surface area contributed by atoms with Gasteiger partial charge >= 0.3 is 5.97 Å². The molecule has 2 N–H and O–H groups in total. The molecular formula is C18H21N3O3. The molecule has 24 heavy (non-hydrogen) atoms. The lowest BCUT2D eigenvalue weighted by atomic mass is 9.81. The molecule has 1 heterocycles. The molecule has 0 spiro atoms. The summed E-state index contributed by atoms with van der Waals surface area (Å²) in [7, 11) is 0. The number of aromatic nitrogens is 2. The lowest BCUT2D eigenvalue weighted by Gasteiger charge is -2.34. The summed E-state index contributed by atoms with van der Waals surface area (Å²) in [6.45, 7) is 1.95. The minimum atomic E-state index is -1.13. The van der Waals surface area contributed by atoms with Crippen molar-refractivity contribution in [2.75, 3.05) is 0 Å². The first-order chi connectivity index (χ1) is 11.5. The van der Waals surface area contributed by atoms with Gasteiger partial charge < -0.3 is 10.4 Å². The molecule has 1 fully saturated rings. The molecule has 0 atom stereocenters. The van der Waals surface area contributed by atoms with E-state index in [4.69, 9.17) is 0 Å². The first-order valence-electron chi connectivity index (χ1n) is 8.19. The number of rotatable bonds is 4. The van der Waals surface area contributed by atoms with E-state index in [1.807, 2.05) is 25.1 Å². The van der Waals surface area contributed by atoms with Crippen molar-refractivity contribution in [3.05, 3.63) is 47.8 Å². The third-order valence-electron chi connectivity index (χ3n) is 4.68. The van der Waals surface area contributed by atoms with Crippen LogP contribution in [-0.4, -0.2) is 32.3 Å². The number of carboxylic acids is 1. The molecule has 0 unspecified atom stereocenters. The molecule has 1 amide bonds. The highest BCUT2D eigenvalue weighted by atomic mass is 16.4. The van der Waals surface area contributed by atoms with Gasteiger partial charge in [-0.3, -0.25) is 4.79 Å². The maximum absolute atomic E-state index is 12.5. The van der Waals surface area contributed by atoms with Crippen molar-refractivity contribution in [3.63, 3.8) is 0 Å². The van der Waals surface area contributed by atoms with E-state index in [9.17, 15) is 14.7 Å². The predicted molar refractivity (Wildman–Crippen MR) is 89.2 cm³/mol. The fraction of sp³-hybridized carbons (Fsp3) is 0.389. The van der Waals surface area contributed by atoms with Crippen LogP contribution in [0.15, 0.2) is 36.5 Å². The van der Waals surface area contributed by atoms with Crippen molar-refractivity contribution in [2.45, 2.75) is 44.6 Å². The van der Waals surface area contributed by atoms with E-state index in [-0.39, 0.29) is 5.91 Å². The smallest absolute Gasteiger partial charge is 0.329 e. The Hall–Kier alpha value is -2.63. The lowest BCUT2D eigenvalue weighted by molar-refractivity contribution is -0.145. The molecule has 1 aliphatic rings. The molecule has 1 aromatic heterocycles. The van der Waals surface area contributed by atoms with Gasteiger partial charge in [0.05, 0.1) is 5.69 Å². The number of aryl methyl sites for hydroxylation is 1. The maximum atomic E-state index is 12.5. The van der Waals surface area contributed by atoms with Gasteiger partial charge in [0.1, 0.15) is 5.54 Å². The van der Waals surface area contributed by atoms with Crippen LogP contribution in [0.2, 0.25) is 0 Å². The maximum Gasteiger partial charge on any atom is 0.329 e. The predicted octanol–water partition coefficient (Wildman–Crippen LogP) is 2.70. The zero-order valence-electron chi connectivity index (χ0n) is 13.7. The molecule has 1 aliphatic carbocycles. The van der Waals surface area contributed by atoms with Crippen molar-refractivity contribution in [1.29, 1.82) is 0 Å². The molecule has 0 saturated heterocycles. The van der Waals surface area contributed by atoms with E-state index in [0.29, 0.717) is 18.4 Å². The molecule has 0 bridgehead atoms. The second kappa shape index (κ2) is 6.47. The summed E-state index contributed by atoms with van der Waals surface area (Å²) in [5, 5.41) is 16.5. The Morgan fingerprint density at radius 3 is 2.33 bits per heavy atom. The average molecular weight is 327 g/mol. The third-order valence-corrected chi connectivity index (χ3v) is 4.68. The summed E-state index contributed by atoms with van der Waals surface area (Å²) in [6, 6.07) is 8.92. The van der Waals surface area contributed by atoms with Crippen LogP contribution in [0.3, 0.4) is 0 Å². The van der Waals surface area contributed by atoms with Gasteiger partial charge in [0.2, 0.25) is 0 Å². The molecule has 6 nitrogen and oxygen atoms in total. The lowest BCUT2D eigenvalue weighted by Crippen LogP contribution is -2.55. The minimum absolute atomic E-state index is 0.344. The number of benzene rings is 1. The number of nitrogens with zero attached hydrogens (tertiary/aromatic N) is 2. The fourth-order valence-corrected chi connectivity index (χ4v) is 3.23. The quantitative estimate of drug-likeness (QED) is 0.904. The Morgan fingerprint density at radius 2 is 1.79 bits per heavy atom. The van der Waals surface area contributed by atoms with Crippen LogP contribution in [0.5, 0.6) is 0 Å². The fourth-order valence-electron chi connectivity index (χ4n) is 3.23. The van der Waals surface area contributed by atoms with E-state index in [1.165, 1.54) is 0 Å². The van der Waals surface area contributed by atoms with Gasteiger partial charge in [-0.05, 0) is 50.1 Å². The Bertz CT molecular complexity index is 743. The molecule has 1 aromatic carbocycles. The number of carbonyl (C=O) groups excluding carboxylic acids is 1. The second-order valence-electron chi connectivity index (χ2n) is 6.33. The number of carbonyl (C=O) groups is 2. The summed E-state index contributed by atoms with van der Waals surface area (Å²) in [5.74, 6) is -1.29. The Morgan fingerprint density at radius 1 is 1.12 bits per heavy atom. The SMILES string of the molecule is Cc1ccnn1-c1ccc(C(=O)NC2(C(=O)O)CCCCC2)cc1. The van der Waals surface area contributed by atoms with Crippen molar-refractivity contribution in [1.82, 2.24) is 15.1 Å². The van der Waals surface area contributed by atoms with Crippen LogP contribution < -0.4 is 5.32 Å². The van der Waals surface area contributed by atoms with E-state index < -0.39 is 11.5 Å². The van der Waals surface area contributed by atoms with E-state index >= 15 is 0 Å². The zero-order chi connectivity index (χ0) is 17.2. The molecule has 3 rings (SSSR count). The molecule has 0 radical (unpaired) electrons. The van der Waals surface area contributed by atoms with Crippen LogP contribution in [0.1, 0.15) is 48.2 Å². The van der Waals surface area contributed by atoms with Gasteiger partial charge in [0.15, 0.2) is 0 Å². The standard InChI is InChI=1S/C18H21N3O3/c1-13-9-12-19-21(13)15-7-5-14(6-8-15)16(22)20-18(17(23)24)10-3-2-4-11-18/h5-9,12H,2-4,10-11H2,1H3,(H,20,22)(H,23,24). The number of hydrogen-bond donors (Lipinski definition) is 2. The number of carboxylic acid groups (broad SMARTS) is 1. The molecule has 2 aromatic rings. The normalized spacial score (nSPS) is 16.5. The van der Waals surface area contributed by atoms with Crippen LogP contribution in [-0.2, 0) is 4.79 Å². The van der Waals surface area contributed by atoms with Crippen molar-refractivity contribution >= 4 is 11.9 Å². The second-order valence-corrected chi connectivity index (χ2v) is 6.33. The van der Waals surface area contributed by atoms with Gasteiger partial charge in [-0.2, -0.15) is 5.10 Å². The van der Waals surface area contributed by atoms with E-state index in [1.54, 1.807) is 23.0 Å². The monoisotopic (exact) mass is 327 g/mol. The first kappa shape index (κ1) is 16.2. The Balaban J connectivity index is 1.77. The highest BCUT2D eigenvalue weighted by Gasteiger charge is 2.41. The molecular weight excluding hydrogens is 306 g/mol. The summed E-state index contributed by atoms with van der Waals surface area (Å²) in [5.41, 5.74) is 1.18. The van der Waals surface area contributed by atoms with Crippen molar-refractivity contribution < 1.29 is 14.7 Å². The van der Waals surface area contributed by atoms with E-state index in [0.717, 1.165) is 30.6 Å². The number of amides is 1. The summed E-state index contributed by atoms with van der Waals surface area (Å²) >= 11 is 0. The summed E-state index contributed by atoms with van der Waals surface area (Å²) in [4.78, 5) is 24.2. The third kappa shape index (κ3) is 3.04. The van der Waals surface area contributed by atoms with Crippen LogP contribution in [0.25, 0.3) is 5.69 Å².